The Morgan fingerprint density at radius 1 is 1.33 bits per heavy atom. The van der Waals surface area contributed by atoms with Crippen molar-refractivity contribution in [2.24, 2.45) is 5.92 Å². The van der Waals surface area contributed by atoms with Crippen LogP contribution in [-0.4, -0.2) is 28.2 Å². The van der Waals surface area contributed by atoms with E-state index in [1.807, 2.05) is 6.07 Å². The van der Waals surface area contributed by atoms with Crippen LogP contribution in [0.1, 0.15) is 17.5 Å². The molecule has 1 N–H and O–H groups in total. The molecule has 2 amide bonds. The van der Waals surface area contributed by atoms with Crippen LogP contribution >= 0.6 is 11.6 Å². The quantitative estimate of drug-likeness (QED) is 0.854. The molecule has 0 spiro atoms. The lowest BCUT2D eigenvalue weighted by molar-refractivity contribution is -0.137. The molecule has 3 rings (SSSR count). The maximum atomic E-state index is 12.8. The molecule has 0 saturated carbocycles. The van der Waals surface area contributed by atoms with E-state index in [4.69, 9.17) is 11.6 Å². The molecular formula is C18H15ClF3N3O2. The Bertz CT molecular complexity index is 859. The Morgan fingerprint density at radius 3 is 2.78 bits per heavy atom. The Kier molecular flexibility index (Phi) is 5.36. The molecule has 2 aromatic rings. The fraction of sp³-hybridized carbons (Fsp3) is 0.278. The van der Waals surface area contributed by atoms with E-state index in [2.05, 4.69) is 10.3 Å². The number of rotatable bonds is 4. The summed E-state index contributed by atoms with van der Waals surface area (Å²) in [6.07, 6.45) is -1.32. The number of likely N-dealkylation sites (tertiary alicyclic amines) is 1. The monoisotopic (exact) mass is 397 g/mol. The molecule has 5 nitrogen and oxygen atoms in total. The minimum atomic E-state index is -4.55. The normalized spacial score (nSPS) is 17.3. The van der Waals surface area contributed by atoms with Gasteiger partial charge in [-0.05, 0) is 29.8 Å². The molecule has 0 bridgehead atoms. The molecule has 2 heterocycles. The average Bonchev–Trinajstić information content (AvgIpc) is 2.97. The molecule has 9 heteroatoms. The van der Waals surface area contributed by atoms with Crippen molar-refractivity contribution < 1.29 is 22.8 Å². The third-order valence-corrected chi connectivity index (χ3v) is 4.56. The number of carbonyl (C=O) groups excluding carboxylic acids is 2. The largest absolute Gasteiger partial charge is 0.416 e. The molecular weight excluding hydrogens is 383 g/mol. The molecule has 0 aliphatic carbocycles. The van der Waals surface area contributed by atoms with Crippen molar-refractivity contribution in [1.29, 1.82) is 0 Å². The van der Waals surface area contributed by atoms with Crippen molar-refractivity contribution in [3.63, 3.8) is 0 Å². The first kappa shape index (κ1) is 19.2. The van der Waals surface area contributed by atoms with E-state index in [0.717, 1.165) is 23.8 Å². The number of aromatic nitrogens is 1. The SMILES string of the molecule is O=C(Nc1cc(C(F)(F)F)ccc1Cl)C1CC(=O)N(Cc2cccnc2)C1. The van der Waals surface area contributed by atoms with Gasteiger partial charge in [-0.3, -0.25) is 14.6 Å². The summed E-state index contributed by atoms with van der Waals surface area (Å²) in [6.45, 7) is 0.497. The second kappa shape index (κ2) is 7.56. The summed E-state index contributed by atoms with van der Waals surface area (Å²) in [5, 5.41) is 2.40. The van der Waals surface area contributed by atoms with Crippen LogP contribution in [0.3, 0.4) is 0 Å². The highest BCUT2D eigenvalue weighted by Crippen LogP contribution is 2.34. The van der Waals surface area contributed by atoms with Crippen molar-refractivity contribution in [2.75, 3.05) is 11.9 Å². The minimum Gasteiger partial charge on any atom is -0.337 e. The van der Waals surface area contributed by atoms with Gasteiger partial charge >= 0.3 is 6.18 Å². The molecule has 1 aliphatic rings. The summed E-state index contributed by atoms with van der Waals surface area (Å²) in [4.78, 5) is 30.1. The number of hydrogen-bond acceptors (Lipinski definition) is 3. The summed E-state index contributed by atoms with van der Waals surface area (Å²) in [6, 6.07) is 6.26. The lowest BCUT2D eigenvalue weighted by Gasteiger charge is -2.17. The third kappa shape index (κ3) is 4.57. The molecule has 1 aromatic carbocycles. The number of nitrogens with one attached hydrogen (secondary N) is 1. The molecule has 0 radical (unpaired) electrons. The fourth-order valence-corrected chi connectivity index (χ4v) is 3.01. The van der Waals surface area contributed by atoms with Gasteiger partial charge < -0.3 is 10.2 Å². The molecule has 27 heavy (non-hydrogen) atoms. The van der Waals surface area contributed by atoms with Gasteiger partial charge in [-0.1, -0.05) is 17.7 Å². The van der Waals surface area contributed by atoms with E-state index in [-0.39, 0.29) is 29.6 Å². The van der Waals surface area contributed by atoms with Gasteiger partial charge in [0.05, 0.1) is 22.2 Å². The number of anilines is 1. The van der Waals surface area contributed by atoms with E-state index < -0.39 is 23.6 Å². The maximum Gasteiger partial charge on any atom is 0.416 e. The number of alkyl halides is 3. The summed E-state index contributed by atoms with van der Waals surface area (Å²) in [7, 11) is 0. The molecule has 1 atom stereocenters. The highest BCUT2D eigenvalue weighted by molar-refractivity contribution is 6.33. The van der Waals surface area contributed by atoms with Crippen molar-refractivity contribution in [3.05, 3.63) is 58.9 Å². The van der Waals surface area contributed by atoms with E-state index in [1.165, 1.54) is 4.90 Å². The number of nitrogens with zero attached hydrogens (tertiary/aromatic N) is 2. The minimum absolute atomic E-state index is 0.00658. The number of halogens is 4. The number of amides is 2. The lowest BCUT2D eigenvalue weighted by Crippen LogP contribution is -2.28. The summed E-state index contributed by atoms with van der Waals surface area (Å²) in [5.74, 6) is -1.41. The van der Waals surface area contributed by atoms with Gasteiger partial charge in [-0.15, -0.1) is 0 Å². The van der Waals surface area contributed by atoms with Crippen LogP contribution < -0.4 is 5.32 Å². The molecule has 1 saturated heterocycles. The van der Waals surface area contributed by atoms with Gasteiger partial charge in [-0.25, -0.2) is 0 Å². The van der Waals surface area contributed by atoms with Gasteiger partial charge in [0.2, 0.25) is 11.8 Å². The predicted molar refractivity (Wildman–Crippen MR) is 92.8 cm³/mol. The standard InChI is InChI=1S/C18H15ClF3N3O2/c19-14-4-3-13(18(20,21)22)7-15(14)24-17(27)12-6-16(26)25(10-12)9-11-2-1-5-23-8-11/h1-5,7-8,12H,6,9-10H2,(H,24,27). The van der Waals surface area contributed by atoms with E-state index in [9.17, 15) is 22.8 Å². The van der Waals surface area contributed by atoms with Crippen LogP contribution in [0.2, 0.25) is 5.02 Å². The zero-order chi connectivity index (χ0) is 19.6. The Labute approximate surface area is 158 Å². The Balaban J connectivity index is 1.68. The third-order valence-electron chi connectivity index (χ3n) is 4.23. The first-order valence-electron chi connectivity index (χ1n) is 8.08. The van der Waals surface area contributed by atoms with Gasteiger partial charge in [-0.2, -0.15) is 13.2 Å². The number of benzene rings is 1. The summed E-state index contributed by atoms with van der Waals surface area (Å²) >= 11 is 5.90. The van der Waals surface area contributed by atoms with Crippen LogP contribution in [-0.2, 0) is 22.3 Å². The maximum absolute atomic E-state index is 12.8. The van der Waals surface area contributed by atoms with Gasteiger partial charge in [0.1, 0.15) is 0 Å². The summed E-state index contributed by atoms with van der Waals surface area (Å²) < 4.78 is 38.5. The Morgan fingerprint density at radius 2 is 2.11 bits per heavy atom. The number of hydrogen-bond donors (Lipinski definition) is 1. The van der Waals surface area contributed by atoms with Crippen molar-refractivity contribution >= 4 is 29.1 Å². The second-order valence-electron chi connectivity index (χ2n) is 6.22. The lowest BCUT2D eigenvalue weighted by atomic mass is 10.1. The smallest absolute Gasteiger partial charge is 0.337 e. The van der Waals surface area contributed by atoms with E-state index in [0.29, 0.717) is 6.54 Å². The van der Waals surface area contributed by atoms with Gasteiger partial charge in [0, 0.05) is 31.9 Å². The van der Waals surface area contributed by atoms with Crippen molar-refractivity contribution in [2.45, 2.75) is 19.1 Å². The van der Waals surface area contributed by atoms with Crippen LogP contribution in [0.5, 0.6) is 0 Å². The number of pyridine rings is 1. The molecule has 1 fully saturated rings. The second-order valence-corrected chi connectivity index (χ2v) is 6.63. The molecule has 142 valence electrons. The average molecular weight is 398 g/mol. The zero-order valence-electron chi connectivity index (χ0n) is 14.0. The zero-order valence-corrected chi connectivity index (χ0v) is 14.7. The molecule has 1 aromatic heterocycles. The van der Waals surface area contributed by atoms with Crippen LogP contribution in [0.4, 0.5) is 18.9 Å². The highest BCUT2D eigenvalue weighted by atomic mass is 35.5. The van der Waals surface area contributed by atoms with E-state index >= 15 is 0 Å². The van der Waals surface area contributed by atoms with Gasteiger partial charge in [0.15, 0.2) is 0 Å². The molecule has 1 aliphatic heterocycles. The van der Waals surface area contributed by atoms with Crippen LogP contribution in [0.25, 0.3) is 0 Å². The first-order valence-corrected chi connectivity index (χ1v) is 8.46. The molecule has 1 unspecified atom stereocenters. The van der Waals surface area contributed by atoms with Crippen molar-refractivity contribution in [3.8, 4) is 0 Å². The Hall–Kier alpha value is -2.61. The highest BCUT2D eigenvalue weighted by Gasteiger charge is 2.35. The topological polar surface area (TPSA) is 62.3 Å². The fourth-order valence-electron chi connectivity index (χ4n) is 2.84. The van der Waals surface area contributed by atoms with E-state index in [1.54, 1.807) is 18.5 Å². The van der Waals surface area contributed by atoms with Gasteiger partial charge in [0.25, 0.3) is 0 Å². The van der Waals surface area contributed by atoms with Crippen LogP contribution in [0, 0.1) is 5.92 Å². The van der Waals surface area contributed by atoms with Crippen LogP contribution in [0.15, 0.2) is 42.7 Å². The number of carbonyl (C=O) groups is 2. The predicted octanol–water partition coefficient (Wildman–Crippen LogP) is 3.74. The summed E-state index contributed by atoms with van der Waals surface area (Å²) in [5.41, 5.74) is -0.217. The first-order chi connectivity index (χ1) is 12.7. The van der Waals surface area contributed by atoms with Crippen molar-refractivity contribution in [1.82, 2.24) is 9.88 Å².